The molecule has 0 radical (unpaired) electrons. The maximum absolute atomic E-state index is 12.6. The van der Waals surface area contributed by atoms with Crippen molar-refractivity contribution in [1.29, 1.82) is 0 Å². The minimum atomic E-state index is -4.34. The number of amides is 1. The molecule has 122 valence electrons. The number of morpholine rings is 1. The van der Waals surface area contributed by atoms with Crippen LogP contribution in [-0.4, -0.2) is 43.7 Å². The number of benzene rings is 1. The summed E-state index contributed by atoms with van der Waals surface area (Å²) in [6.07, 6.45) is -4.34. The Hall–Kier alpha value is -1.60. The zero-order valence-corrected chi connectivity index (χ0v) is 12.3. The number of hydrogen-bond acceptors (Lipinski definition) is 3. The van der Waals surface area contributed by atoms with Crippen LogP contribution in [0, 0.1) is 0 Å². The first-order chi connectivity index (χ1) is 10.4. The summed E-state index contributed by atoms with van der Waals surface area (Å²) >= 11 is 0. The third kappa shape index (κ3) is 4.45. The summed E-state index contributed by atoms with van der Waals surface area (Å²) < 4.78 is 43.2. The molecule has 1 unspecified atom stereocenters. The molecule has 1 heterocycles. The zero-order valence-electron chi connectivity index (χ0n) is 12.3. The van der Waals surface area contributed by atoms with Crippen LogP contribution in [0.15, 0.2) is 24.3 Å². The van der Waals surface area contributed by atoms with E-state index in [1.165, 1.54) is 19.1 Å². The van der Waals surface area contributed by atoms with Gasteiger partial charge in [-0.25, -0.2) is 0 Å². The number of carbonyl (C=O) groups is 1. The average Bonchev–Trinajstić information content (AvgIpc) is 2.48. The molecule has 1 aliphatic rings. The number of nitrogens with one attached hydrogen (secondary N) is 1. The van der Waals surface area contributed by atoms with Crippen molar-refractivity contribution >= 4 is 5.91 Å². The minimum Gasteiger partial charge on any atom is -0.379 e. The normalized spacial score (nSPS) is 18.0. The Bertz CT molecular complexity index is 497. The van der Waals surface area contributed by atoms with E-state index in [-0.39, 0.29) is 11.9 Å². The molecule has 1 amide bonds. The fourth-order valence-corrected chi connectivity index (χ4v) is 2.48. The Morgan fingerprint density at radius 2 is 1.86 bits per heavy atom. The number of halogens is 3. The Kier molecular flexibility index (Phi) is 5.42. The van der Waals surface area contributed by atoms with Crippen molar-refractivity contribution in [3.05, 3.63) is 35.4 Å². The highest BCUT2D eigenvalue weighted by molar-refractivity contribution is 5.72. The van der Waals surface area contributed by atoms with E-state index in [9.17, 15) is 18.0 Å². The quantitative estimate of drug-likeness (QED) is 0.926. The van der Waals surface area contributed by atoms with Crippen LogP contribution in [0.4, 0.5) is 13.2 Å². The van der Waals surface area contributed by atoms with E-state index in [0.29, 0.717) is 32.8 Å². The lowest BCUT2D eigenvalue weighted by Crippen LogP contribution is -2.43. The SMILES string of the molecule is CC(=O)NCC(c1ccc(C(F)(F)F)cc1)N1CCOCC1. The fourth-order valence-electron chi connectivity index (χ4n) is 2.48. The lowest BCUT2D eigenvalue weighted by Gasteiger charge is -2.35. The first-order valence-electron chi connectivity index (χ1n) is 7.11. The number of ether oxygens (including phenoxy) is 1. The summed E-state index contributed by atoms with van der Waals surface area (Å²) in [6.45, 7) is 4.31. The molecule has 2 rings (SSSR count). The van der Waals surface area contributed by atoms with Gasteiger partial charge < -0.3 is 10.1 Å². The smallest absolute Gasteiger partial charge is 0.379 e. The molecule has 4 nitrogen and oxygen atoms in total. The summed E-state index contributed by atoms with van der Waals surface area (Å²) in [5.41, 5.74) is 0.0835. The number of hydrogen-bond donors (Lipinski definition) is 1. The third-order valence-electron chi connectivity index (χ3n) is 3.65. The Morgan fingerprint density at radius 1 is 1.27 bits per heavy atom. The highest BCUT2D eigenvalue weighted by Crippen LogP contribution is 2.30. The van der Waals surface area contributed by atoms with Crippen molar-refractivity contribution in [2.45, 2.75) is 19.1 Å². The Morgan fingerprint density at radius 3 is 2.36 bits per heavy atom. The van der Waals surface area contributed by atoms with E-state index in [4.69, 9.17) is 4.74 Å². The number of nitrogens with zero attached hydrogens (tertiary/aromatic N) is 1. The number of rotatable bonds is 4. The van der Waals surface area contributed by atoms with Crippen LogP contribution in [0.5, 0.6) is 0 Å². The molecule has 0 saturated carbocycles. The van der Waals surface area contributed by atoms with Crippen molar-refractivity contribution in [3.8, 4) is 0 Å². The van der Waals surface area contributed by atoms with E-state index >= 15 is 0 Å². The molecular weight excluding hydrogens is 297 g/mol. The highest BCUT2D eigenvalue weighted by atomic mass is 19.4. The lowest BCUT2D eigenvalue weighted by molar-refractivity contribution is -0.137. The van der Waals surface area contributed by atoms with Crippen molar-refractivity contribution in [3.63, 3.8) is 0 Å². The second kappa shape index (κ2) is 7.11. The van der Waals surface area contributed by atoms with Gasteiger partial charge in [0.05, 0.1) is 24.8 Å². The van der Waals surface area contributed by atoms with Crippen molar-refractivity contribution in [2.24, 2.45) is 0 Å². The van der Waals surface area contributed by atoms with E-state index < -0.39 is 11.7 Å². The summed E-state index contributed by atoms with van der Waals surface area (Å²) in [4.78, 5) is 13.3. The lowest BCUT2D eigenvalue weighted by atomic mass is 10.0. The molecule has 0 aromatic heterocycles. The van der Waals surface area contributed by atoms with Crippen LogP contribution in [0.25, 0.3) is 0 Å². The van der Waals surface area contributed by atoms with Gasteiger partial charge in [-0.2, -0.15) is 13.2 Å². The molecule has 0 aliphatic carbocycles. The van der Waals surface area contributed by atoms with Gasteiger partial charge in [0.15, 0.2) is 0 Å². The Balaban J connectivity index is 2.17. The predicted molar refractivity (Wildman–Crippen MR) is 75.3 cm³/mol. The molecule has 1 aliphatic heterocycles. The summed E-state index contributed by atoms with van der Waals surface area (Å²) in [7, 11) is 0. The monoisotopic (exact) mass is 316 g/mol. The molecule has 0 bridgehead atoms. The molecule has 1 aromatic carbocycles. The molecule has 7 heteroatoms. The second-order valence-electron chi connectivity index (χ2n) is 5.22. The molecule has 1 saturated heterocycles. The first kappa shape index (κ1) is 16.8. The van der Waals surface area contributed by atoms with E-state index in [0.717, 1.165) is 17.7 Å². The zero-order chi connectivity index (χ0) is 16.2. The molecule has 22 heavy (non-hydrogen) atoms. The van der Waals surface area contributed by atoms with Crippen LogP contribution in [-0.2, 0) is 15.7 Å². The van der Waals surface area contributed by atoms with E-state index in [1.807, 2.05) is 0 Å². The van der Waals surface area contributed by atoms with Gasteiger partial charge in [-0.3, -0.25) is 9.69 Å². The predicted octanol–water partition coefficient (Wildman–Crippen LogP) is 2.21. The standard InChI is InChI=1S/C15H19F3N2O2/c1-11(21)19-10-14(20-6-8-22-9-7-20)12-2-4-13(5-3-12)15(16,17)18/h2-5,14H,6-10H2,1H3,(H,19,21). The third-order valence-corrected chi connectivity index (χ3v) is 3.65. The molecule has 1 N–H and O–H groups in total. The second-order valence-corrected chi connectivity index (χ2v) is 5.22. The van der Waals surface area contributed by atoms with Gasteiger partial charge in [-0.15, -0.1) is 0 Å². The number of alkyl halides is 3. The maximum Gasteiger partial charge on any atom is 0.416 e. The van der Waals surface area contributed by atoms with Gasteiger partial charge in [-0.1, -0.05) is 12.1 Å². The topological polar surface area (TPSA) is 41.6 Å². The first-order valence-corrected chi connectivity index (χ1v) is 7.11. The van der Waals surface area contributed by atoms with Gasteiger partial charge in [0.25, 0.3) is 0 Å². The van der Waals surface area contributed by atoms with Crippen LogP contribution in [0.2, 0.25) is 0 Å². The van der Waals surface area contributed by atoms with Gasteiger partial charge in [0.1, 0.15) is 0 Å². The van der Waals surface area contributed by atoms with Crippen molar-refractivity contribution < 1.29 is 22.7 Å². The van der Waals surface area contributed by atoms with Crippen LogP contribution in [0.1, 0.15) is 24.1 Å². The fraction of sp³-hybridized carbons (Fsp3) is 0.533. The van der Waals surface area contributed by atoms with Gasteiger partial charge in [0.2, 0.25) is 5.91 Å². The molecule has 1 atom stereocenters. The van der Waals surface area contributed by atoms with Crippen molar-refractivity contribution in [2.75, 3.05) is 32.8 Å². The maximum atomic E-state index is 12.6. The molecular formula is C15H19F3N2O2. The largest absolute Gasteiger partial charge is 0.416 e. The van der Waals surface area contributed by atoms with E-state index in [1.54, 1.807) is 0 Å². The molecule has 0 spiro atoms. The molecule has 1 aromatic rings. The van der Waals surface area contributed by atoms with Gasteiger partial charge in [0, 0.05) is 26.6 Å². The summed E-state index contributed by atoms with van der Waals surface area (Å²) in [6, 6.07) is 4.96. The van der Waals surface area contributed by atoms with Gasteiger partial charge >= 0.3 is 6.18 Å². The van der Waals surface area contributed by atoms with E-state index in [2.05, 4.69) is 10.2 Å². The Labute approximate surface area is 127 Å². The summed E-state index contributed by atoms with van der Waals surface area (Å²) in [5, 5.41) is 2.74. The van der Waals surface area contributed by atoms with Crippen molar-refractivity contribution in [1.82, 2.24) is 10.2 Å². The average molecular weight is 316 g/mol. The van der Waals surface area contributed by atoms with Crippen LogP contribution >= 0.6 is 0 Å². The highest BCUT2D eigenvalue weighted by Gasteiger charge is 2.31. The van der Waals surface area contributed by atoms with Crippen LogP contribution < -0.4 is 5.32 Å². The van der Waals surface area contributed by atoms with Crippen LogP contribution in [0.3, 0.4) is 0 Å². The molecule has 1 fully saturated rings. The number of carbonyl (C=O) groups excluding carboxylic acids is 1. The minimum absolute atomic E-state index is 0.157. The van der Waals surface area contributed by atoms with Gasteiger partial charge in [-0.05, 0) is 17.7 Å². The summed E-state index contributed by atoms with van der Waals surface area (Å²) in [5.74, 6) is -0.162.